The number of nitrogen functional groups attached to an aromatic ring is 1. The van der Waals surface area contributed by atoms with Gasteiger partial charge < -0.3 is 15.7 Å². The van der Waals surface area contributed by atoms with Crippen LogP contribution >= 0.6 is 11.3 Å². The third kappa shape index (κ3) is 3.30. The first-order valence-electron chi connectivity index (χ1n) is 6.50. The zero-order valence-electron chi connectivity index (χ0n) is 11.4. The normalized spacial score (nSPS) is 10.4. The van der Waals surface area contributed by atoms with Gasteiger partial charge in [0.05, 0.1) is 16.9 Å². The average Bonchev–Trinajstić information content (AvgIpc) is 2.93. The maximum Gasteiger partial charge on any atom is 0.335 e. The van der Waals surface area contributed by atoms with E-state index in [0.29, 0.717) is 5.69 Å². The van der Waals surface area contributed by atoms with E-state index in [1.54, 1.807) is 23.5 Å². The third-order valence-electron chi connectivity index (χ3n) is 3.25. The van der Waals surface area contributed by atoms with Crippen LogP contribution < -0.4 is 10.6 Å². The van der Waals surface area contributed by atoms with Gasteiger partial charge in [-0.3, -0.25) is 0 Å². The largest absolute Gasteiger partial charge is 0.478 e. The maximum absolute atomic E-state index is 10.9. The minimum absolute atomic E-state index is 0.222. The Morgan fingerprint density at radius 1 is 1.40 bits per heavy atom. The maximum atomic E-state index is 10.9. The number of aromatic carboxylic acids is 1. The first kappa shape index (κ1) is 14.4. The number of benzene rings is 1. The van der Waals surface area contributed by atoms with Crippen LogP contribution in [-0.4, -0.2) is 24.2 Å². The lowest BCUT2D eigenvalue weighted by Crippen LogP contribution is -2.26. The number of carbonyl (C=O) groups is 1. The molecule has 0 radical (unpaired) electrons. The fourth-order valence-corrected chi connectivity index (χ4v) is 2.83. The number of nitrogens with zero attached hydrogens (tertiary/aromatic N) is 1. The molecular weight excluding hydrogens is 272 g/mol. The van der Waals surface area contributed by atoms with Gasteiger partial charge in [-0.2, -0.15) is 11.3 Å². The Morgan fingerprint density at radius 3 is 2.75 bits per heavy atom. The lowest BCUT2D eigenvalue weighted by Gasteiger charge is -2.24. The number of anilines is 2. The Hall–Kier alpha value is -2.01. The molecule has 106 valence electrons. The van der Waals surface area contributed by atoms with Gasteiger partial charge in [0.15, 0.2) is 0 Å². The fraction of sp³-hybridized carbons (Fsp3) is 0.267. The highest BCUT2D eigenvalue weighted by Gasteiger charge is 2.11. The number of hydrogen-bond donors (Lipinski definition) is 2. The second kappa shape index (κ2) is 6.43. The standard InChI is InChI=1S/C15H18N2O2S/c1-2-17(7-5-11-6-8-20-10-11)14-4-3-12(15(18)19)9-13(14)16/h3-4,6,8-10H,2,5,7,16H2,1H3,(H,18,19). The minimum atomic E-state index is -0.954. The van der Waals surface area contributed by atoms with Crippen LogP contribution in [0, 0.1) is 0 Å². The van der Waals surface area contributed by atoms with E-state index in [1.165, 1.54) is 11.6 Å². The number of likely N-dealkylation sites (N-methyl/N-ethyl adjacent to an activating group) is 1. The summed E-state index contributed by atoms with van der Waals surface area (Å²) in [6.07, 6.45) is 0.956. The highest BCUT2D eigenvalue weighted by atomic mass is 32.1. The summed E-state index contributed by atoms with van der Waals surface area (Å²) < 4.78 is 0. The summed E-state index contributed by atoms with van der Waals surface area (Å²) in [5.74, 6) is -0.954. The van der Waals surface area contributed by atoms with E-state index in [-0.39, 0.29) is 5.56 Å². The molecule has 5 heteroatoms. The van der Waals surface area contributed by atoms with Gasteiger partial charge in [-0.05, 0) is 53.9 Å². The van der Waals surface area contributed by atoms with Crippen molar-refractivity contribution >= 4 is 28.7 Å². The van der Waals surface area contributed by atoms with Gasteiger partial charge in [0, 0.05) is 13.1 Å². The number of hydrogen-bond acceptors (Lipinski definition) is 4. The van der Waals surface area contributed by atoms with Crippen molar-refractivity contribution in [3.8, 4) is 0 Å². The van der Waals surface area contributed by atoms with Gasteiger partial charge in [0.25, 0.3) is 0 Å². The first-order valence-corrected chi connectivity index (χ1v) is 7.45. The van der Waals surface area contributed by atoms with E-state index < -0.39 is 5.97 Å². The van der Waals surface area contributed by atoms with Crippen molar-refractivity contribution in [2.75, 3.05) is 23.7 Å². The average molecular weight is 290 g/mol. The van der Waals surface area contributed by atoms with Crippen LogP contribution in [0.4, 0.5) is 11.4 Å². The molecule has 0 spiro atoms. The predicted octanol–water partition coefficient (Wildman–Crippen LogP) is 3.10. The van der Waals surface area contributed by atoms with Crippen LogP contribution in [0.15, 0.2) is 35.0 Å². The molecule has 4 nitrogen and oxygen atoms in total. The van der Waals surface area contributed by atoms with Gasteiger partial charge in [-0.15, -0.1) is 0 Å². The van der Waals surface area contributed by atoms with Crippen molar-refractivity contribution in [3.63, 3.8) is 0 Å². The molecule has 0 unspecified atom stereocenters. The number of nitrogens with two attached hydrogens (primary N) is 1. The molecule has 0 amide bonds. The molecule has 0 bridgehead atoms. The van der Waals surface area contributed by atoms with Crippen LogP contribution in [0.1, 0.15) is 22.8 Å². The van der Waals surface area contributed by atoms with Crippen molar-refractivity contribution in [1.82, 2.24) is 0 Å². The van der Waals surface area contributed by atoms with Crippen molar-refractivity contribution in [2.24, 2.45) is 0 Å². The van der Waals surface area contributed by atoms with E-state index in [4.69, 9.17) is 10.8 Å². The Labute approximate surface area is 122 Å². The van der Waals surface area contributed by atoms with E-state index in [9.17, 15) is 4.79 Å². The van der Waals surface area contributed by atoms with Crippen LogP contribution in [0.3, 0.4) is 0 Å². The molecule has 0 fully saturated rings. The summed E-state index contributed by atoms with van der Waals surface area (Å²) in [6, 6.07) is 7.03. The number of thiophene rings is 1. The molecule has 1 aromatic carbocycles. The monoisotopic (exact) mass is 290 g/mol. The highest BCUT2D eigenvalue weighted by Crippen LogP contribution is 2.24. The van der Waals surface area contributed by atoms with Crippen molar-refractivity contribution in [1.29, 1.82) is 0 Å². The molecular formula is C15H18N2O2S. The summed E-state index contributed by atoms with van der Waals surface area (Å²) in [4.78, 5) is 13.1. The molecule has 0 saturated carbocycles. The Balaban J connectivity index is 2.12. The molecule has 20 heavy (non-hydrogen) atoms. The van der Waals surface area contributed by atoms with Crippen LogP contribution in [-0.2, 0) is 6.42 Å². The molecule has 1 heterocycles. The number of carboxylic acid groups (broad SMARTS) is 1. The fourth-order valence-electron chi connectivity index (χ4n) is 2.12. The second-order valence-electron chi connectivity index (χ2n) is 4.54. The third-order valence-corrected chi connectivity index (χ3v) is 3.98. The zero-order valence-corrected chi connectivity index (χ0v) is 12.2. The minimum Gasteiger partial charge on any atom is -0.478 e. The Morgan fingerprint density at radius 2 is 2.20 bits per heavy atom. The zero-order chi connectivity index (χ0) is 14.5. The van der Waals surface area contributed by atoms with E-state index in [2.05, 4.69) is 28.7 Å². The van der Waals surface area contributed by atoms with Gasteiger partial charge in [-0.25, -0.2) is 4.79 Å². The highest BCUT2D eigenvalue weighted by molar-refractivity contribution is 7.07. The van der Waals surface area contributed by atoms with Gasteiger partial charge in [0.1, 0.15) is 0 Å². The first-order chi connectivity index (χ1) is 9.61. The molecule has 2 aromatic rings. The number of rotatable bonds is 6. The van der Waals surface area contributed by atoms with Gasteiger partial charge >= 0.3 is 5.97 Å². The number of carboxylic acids is 1. The summed E-state index contributed by atoms with van der Waals surface area (Å²) in [7, 11) is 0. The second-order valence-corrected chi connectivity index (χ2v) is 5.32. The topological polar surface area (TPSA) is 66.6 Å². The van der Waals surface area contributed by atoms with Crippen LogP contribution in [0.2, 0.25) is 0 Å². The Bertz CT molecular complexity index is 582. The van der Waals surface area contributed by atoms with Crippen molar-refractivity contribution < 1.29 is 9.90 Å². The molecule has 0 aliphatic carbocycles. The van der Waals surface area contributed by atoms with Crippen molar-refractivity contribution in [2.45, 2.75) is 13.3 Å². The van der Waals surface area contributed by atoms with Gasteiger partial charge in [-0.1, -0.05) is 0 Å². The molecule has 3 N–H and O–H groups in total. The summed E-state index contributed by atoms with van der Waals surface area (Å²) in [6.45, 7) is 3.77. The molecule has 0 aliphatic rings. The molecule has 1 aromatic heterocycles. The summed E-state index contributed by atoms with van der Waals surface area (Å²) in [5, 5.41) is 13.2. The Kier molecular flexibility index (Phi) is 4.63. The van der Waals surface area contributed by atoms with Crippen LogP contribution in [0.25, 0.3) is 0 Å². The lowest BCUT2D eigenvalue weighted by molar-refractivity contribution is 0.0697. The predicted molar refractivity (Wildman–Crippen MR) is 83.7 cm³/mol. The smallest absolute Gasteiger partial charge is 0.335 e. The van der Waals surface area contributed by atoms with Gasteiger partial charge in [0.2, 0.25) is 0 Å². The van der Waals surface area contributed by atoms with Crippen molar-refractivity contribution in [3.05, 3.63) is 46.2 Å². The summed E-state index contributed by atoms with van der Waals surface area (Å²) in [5.41, 5.74) is 8.93. The SMILES string of the molecule is CCN(CCc1ccsc1)c1ccc(C(=O)O)cc1N. The summed E-state index contributed by atoms with van der Waals surface area (Å²) >= 11 is 1.69. The molecule has 2 rings (SSSR count). The van der Waals surface area contributed by atoms with Crippen LogP contribution in [0.5, 0.6) is 0 Å². The molecule has 0 saturated heterocycles. The van der Waals surface area contributed by atoms with E-state index >= 15 is 0 Å². The molecule has 0 aliphatic heterocycles. The van der Waals surface area contributed by atoms with E-state index in [0.717, 1.165) is 25.2 Å². The lowest BCUT2D eigenvalue weighted by atomic mass is 10.1. The quantitative estimate of drug-likeness (QED) is 0.802. The molecule has 0 atom stereocenters. The van der Waals surface area contributed by atoms with E-state index in [1.807, 2.05) is 0 Å².